The number of aliphatic hydroxyl groups is 3. The van der Waals surface area contributed by atoms with E-state index in [0.29, 0.717) is 17.0 Å². The van der Waals surface area contributed by atoms with Crippen LogP contribution in [0.25, 0.3) is 0 Å². The van der Waals surface area contributed by atoms with Gasteiger partial charge in [-0.15, -0.1) is 0 Å². The number of benzene rings is 2. The highest BCUT2D eigenvalue weighted by atomic mass is 32.1. The molecule has 0 spiro atoms. The van der Waals surface area contributed by atoms with Crippen molar-refractivity contribution in [2.45, 2.75) is 91.0 Å². The molecule has 2 fully saturated rings. The fourth-order valence-corrected chi connectivity index (χ4v) is 5.22. The fraction of sp³-hybridized carbons (Fsp3) is 0.571. The van der Waals surface area contributed by atoms with E-state index in [1.807, 2.05) is 6.92 Å². The van der Waals surface area contributed by atoms with Gasteiger partial charge in [-0.2, -0.15) is 27.0 Å². The molecule has 2 aliphatic carbocycles. The number of halogens is 2. The molecule has 7 heteroatoms. The van der Waals surface area contributed by atoms with Crippen molar-refractivity contribution in [1.29, 1.82) is 0 Å². The second-order valence-electron chi connectivity index (χ2n) is 9.18. The first kappa shape index (κ1) is 33.9. The summed E-state index contributed by atoms with van der Waals surface area (Å²) in [5.41, 5.74) is 3.05. The lowest BCUT2D eigenvalue weighted by molar-refractivity contribution is 0.109. The molecule has 2 saturated carbocycles. The average Bonchev–Trinajstić information content (AvgIpc) is 3.53. The quantitative estimate of drug-likeness (QED) is 0.376. The lowest BCUT2D eigenvalue weighted by Gasteiger charge is -2.20. The Labute approximate surface area is 223 Å². The largest absolute Gasteiger partial charge is 0.392 e. The van der Waals surface area contributed by atoms with Gasteiger partial charge in [0.05, 0.1) is 18.8 Å². The van der Waals surface area contributed by atoms with Crippen LogP contribution in [0.4, 0.5) is 8.78 Å². The monoisotopic (exact) mass is 530 g/mol. The number of hydrogen-bond donors (Lipinski definition) is 3. The topological polar surface area (TPSA) is 60.7 Å². The van der Waals surface area contributed by atoms with Crippen molar-refractivity contribution in [3.8, 4) is 0 Å². The summed E-state index contributed by atoms with van der Waals surface area (Å²) < 4.78 is 26.1. The molecule has 0 amide bonds. The number of hydrogen-bond acceptors (Lipinski definition) is 3. The Hall–Kier alpha value is -1.12. The molecule has 2 atom stereocenters. The van der Waals surface area contributed by atoms with Gasteiger partial charge >= 0.3 is 0 Å². The maximum Gasteiger partial charge on any atom is 0.123 e. The molecular weight excluding hydrogens is 486 g/mol. The molecule has 2 aromatic rings. The molecular formula is C28H44F2O3S2. The normalized spacial score (nSPS) is 17.3. The van der Waals surface area contributed by atoms with Gasteiger partial charge in [-0.1, -0.05) is 52.2 Å². The molecule has 2 aromatic carbocycles. The van der Waals surface area contributed by atoms with Crippen molar-refractivity contribution in [1.82, 2.24) is 0 Å². The highest BCUT2D eigenvalue weighted by molar-refractivity contribution is 7.59. The molecule has 0 saturated heterocycles. The zero-order valence-electron chi connectivity index (χ0n) is 19.9. The number of aliphatic hydroxyl groups excluding tert-OH is 3. The van der Waals surface area contributed by atoms with Gasteiger partial charge in [-0.25, -0.2) is 8.78 Å². The van der Waals surface area contributed by atoms with E-state index in [0.717, 1.165) is 56.1 Å². The molecule has 2 unspecified atom stereocenters. The molecule has 4 rings (SSSR count). The first-order valence-corrected chi connectivity index (χ1v) is 12.0. The van der Waals surface area contributed by atoms with Crippen LogP contribution < -0.4 is 0 Å². The molecule has 2 aliphatic rings. The minimum absolute atomic E-state index is 0. The lowest BCUT2D eigenvalue weighted by Crippen LogP contribution is -2.11. The number of rotatable bonds is 6. The van der Waals surface area contributed by atoms with Gasteiger partial charge in [0.25, 0.3) is 0 Å². The van der Waals surface area contributed by atoms with Crippen molar-refractivity contribution < 1.29 is 24.1 Å². The van der Waals surface area contributed by atoms with Crippen molar-refractivity contribution >= 4 is 27.0 Å². The van der Waals surface area contributed by atoms with Crippen LogP contribution in [0.15, 0.2) is 36.4 Å². The van der Waals surface area contributed by atoms with Crippen LogP contribution in [0.2, 0.25) is 0 Å². The standard InChI is InChI=1S/C14H19FO.C13H17FO2.CH4.2H2S/c1-2-10-9-12(15)7-8-13(10)14(16)11-5-3-4-6-11;14-11-5-6-12(10(7-11)8-15)13(16)9-3-1-2-4-9;;;/h7-9,11,14,16H,2-6H2,1H3;5-7,9,13,15-16H,1-4,8H2;1H4;2*1H2. The molecule has 0 heterocycles. The molecule has 3 N–H and O–H groups in total. The SMILES string of the molecule is C.CCc1cc(F)ccc1C(O)C1CCCC1.OCc1cc(F)ccc1C(O)C1CCCC1.S.S. The van der Waals surface area contributed by atoms with E-state index in [1.165, 1.54) is 31.0 Å². The Bertz CT molecular complexity index is 798. The van der Waals surface area contributed by atoms with E-state index in [2.05, 4.69) is 0 Å². The van der Waals surface area contributed by atoms with Gasteiger partial charge in [0.1, 0.15) is 11.6 Å². The van der Waals surface area contributed by atoms with Crippen LogP contribution in [0, 0.1) is 23.5 Å². The summed E-state index contributed by atoms with van der Waals surface area (Å²) in [7, 11) is 0. The predicted molar refractivity (Wildman–Crippen MR) is 149 cm³/mol. The lowest BCUT2D eigenvalue weighted by atomic mass is 9.90. The van der Waals surface area contributed by atoms with Gasteiger partial charge in [0, 0.05) is 0 Å². The van der Waals surface area contributed by atoms with Crippen LogP contribution in [0.3, 0.4) is 0 Å². The minimum Gasteiger partial charge on any atom is -0.392 e. The summed E-state index contributed by atoms with van der Waals surface area (Å²) in [6.45, 7) is 1.77. The van der Waals surface area contributed by atoms with E-state index in [4.69, 9.17) is 5.11 Å². The maximum absolute atomic E-state index is 13.1. The first-order chi connectivity index (χ1) is 15.4. The van der Waals surface area contributed by atoms with E-state index >= 15 is 0 Å². The Kier molecular flexibility index (Phi) is 16.1. The third-order valence-electron chi connectivity index (χ3n) is 7.09. The van der Waals surface area contributed by atoms with Gasteiger partial charge < -0.3 is 15.3 Å². The van der Waals surface area contributed by atoms with Gasteiger partial charge in [0.2, 0.25) is 0 Å². The highest BCUT2D eigenvalue weighted by Crippen LogP contribution is 2.38. The van der Waals surface area contributed by atoms with E-state index in [1.54, 1.807) is 18.2 Å². The van der Waals surface area contributed by atoms with Crippen LogP contribution in [0.1, 0.15) is 100 Å². The molecule has 0 radical (unpaired) electrons. The molecule has 0 aliphatic heterocycles. The second-order valence-corrected chi connectivity index (χ2v) is 9.18. The zero-order chi connectivity index (χ0) is 23.1. The maximum atomic E-state index is 13.1. The Morgan fingerprint density at radius 3 is 1.49 bits per heavy atom. The van der Waals surface area contributed by atoms with Crippen LogP contribution in [0.5, 0.6) is 0 Å². The Morgan fingerprint density at radius 2 is 1.11 bits per heavy atom. The zero-order valence-corrected chi connectivity index (χ0v) is 21.9. The molecule has 0 aromatic heterocycles. The van der Waals surface area contributed by atoms with E-state index in [9.17, 15) is 19.0 Å². The summed E-state index contributed by atoms with van der Waals surface area (Å²) in [4.78, 5) is 0. The van der Waals surface area contributed by atoms with E-state index < -0.39 is 12.2 Å². The van der Waals surface area contributed by atoms with Crippen molar-refractivity contribution in [3.63, 3.8) is 0 Å². The second kappa shape index (κ2) is 16.6. The third kappa shape index (κ3) is 9.04. The molecule has 0 bridgehead atoms. The highest BCUT2D eigenvalue weighted by Gasteiger charge is 2.27. The Balaban J connectivity index is 0.000000608. The van der Waals surface area contributed by atoms with Crippen LogP contribution >= 0.6 is 27.0 Å². The van der Waals surface area contributed by atoms with Gasteiger partial charge in [0.15, 0.2) is 0 Å². The predicted octanol–water partition coefficient (Wildman–Crippen LogP) is 7.02. The first-order valence-electron chi connectivity index (χ1n) is 12.0. The summed E-state index contributed by atoms with van der Waals surface area (Å²) in [5, 5.41) is 29.6. The summed E-state index contributed by atoms with van der Waals surface area (Å²) >= 11 is 0. The minimum atomic E-state index is -0.565. The molecule has 200 valence electrons. The van der Waals surface area contributed by atoms with E-state index in [-0.39, 0.29) is 58.6 Å². The van der Waals surface area contributed by atoms with Gasteiger partial charge in [-0.05, 0) is 90.5 Å². The van der Waals surface area contributed by atoms with Crippen molar-refractivity contribution in [2.24, 2.45) is 11.8 Å². The summed E-state index contributed by atoms with van der Waals surface area (Å²) in [6.07, 6.45) is 8.76. The van der Waals surface area contributed by atoms with Crippen LogP contribution in [-0.2, 0) is 13.0 Å². The summed E-state index contributed by atoms with van der Waals surface area (Å²) in [6, 6.07) is 8.97. The van der Waals surface area contributed by atoms with Crippen molar-refractivity contribution in [3.05, 3.63) is 70.3 Å². The number of aryl methyl sites for hydroxylation is 1. The molecule has 3 nitrogen and oxygen atoms in total. The Morgan fingerprint density at radius 1 is 0.743 bits per heavy atom. The van der Waals surface area contributed by atoms with Crippen molar-refractivity contribution in [2.75, 3.05) is 0 Å². The third-order valence-corrected chi connectivity index (χ3v) is 7.09. The average molecular weight is 531 g/mol. The van der Waals surface area contributed by atoms with Gasteiger partial charge in [-0.3, -0.25) is 0 Å². The smallest absolute Gasteiger partial charge is 0.123 e. The summed E-state index contributed by atoms with van der Waals surface area (Å²) in [5.74, 6) is 0.0529. The molecule has 35 heavy (non-hydrogen) atoms. The van der Waals surface area contributed by atoms with Crippen LogP contribution in [-0.4, -0.2) is 15.3 Å². The fourth-order valence-electron chi connectivity index (χ4n) is 5.22.